The Bertz CT molecular complexity index is 327. The molecule has 0 aromatic rings. The first kappa shape index (κ1) is 16.5. The van der Waals surface area contributed by atoms with Gasteiger partial charge in [0.15, 0.2) is 8.32 Å². The zero-order valence-corrected chi connectivity index (χ0v) is 13.6. The lowest BCUT2D eigenvalue weighted by Gasteiger charge is -2.43. The van der Waals surface area contributed by atoms with Gasteiger partial charge in [0.25, 0.3) is 0 Å². The molecule has 1 amide bonds. The predicted octanol–water partition coefficient (Wildman–Crippen LogP) is 2.56. The van der Waals surface area contributed by atoms with Gasteiger partial charge in [0.05, 0.1) is 18.2 Å². The second-order valence-corrected chi connectivity index (χ2v) is 11.7. The van der Waals surface area contributed by atoms with Gasteiger partial charge >= 0.3 is 6.09 Å². The minimum absolute atomic E-state index is 0.0726. The van der Waals surface area contributed by atoms with Crippen molar-refractivity contribution in [2.75, 3.05) is 0 Å². The van der Waals surface area contributed by atoms with E-state index in [1.165, 1.54) is 0 Å². The fourth-order valence-corrected chi connectivity index (χ4v) is 3.49. The molecule has 1 saturated carbocycles. The van der Waals surface area contributed by atoms with E-state index in [0.717, 1.165) is 0 Å². The van der Waals surface area contributed by atoms with E-state index in [4.69, 9.17) is 9.53 Å². The Balaban J connectivity index is 2.77. The second-order valence-electron chi connectivity index (χ2n) is 6.94. The lowest BCUT2D eigenvalue weighted by Crippen LogP contribution is -2.54. The van der Waals surface area contributed by atoms with Crippen molar-refractivity contribution in [3.63, 3.8) is 0 Å². The highest BCUT2D eigenvalue weighted by molar-refractivity contribution is 6.74. The van der Waals surface area contributed by atoms with Crippen LogP contribution in [0.1, 0.15) is 40.0 Å². The first-order chi connectivity index (χ1) is 8.53. The van der Waals surface area contributed by atoms with Gasteiger partial charge in [0.1, 0.15) is 0 Å². The molecule has 0 spiro atoms. The van der Waals surface area contributed by atoms with Crippen LogP contribution in [0.15, 0.2) is 0 Å². The van der Waals surface area contributed by atoms with Crippen LogP contribution in [0.2, 0.25) is 18.1 Å². The van der Waals surface area contributed by atoms with Crippen LogP contribution in [0.4, 0.5) is 4.79 Å². The van der Waals surface area contributed by atoms with Crippen molar-refractivity contribution in [1.82, 2.24) is 5.32 Å². The average molecular weight is 289 g/mol. The summed E-state index contributed by atoms with van der Waals surface area (Å²) in [5.74, 6) is 0. The zero-order valence-electron chi connectivity index (χ0n) is 12.6. The van der Waals surface area contributed by atoms with Crippen molar-refractivity contribution in [3.05, 3.63) is 0 Å². The van der Waals surface area contributed by atoms with Crippen LogP contribution in [0, 0.1) is 0 Å². The van der Waals surface area contributed by atoms with Gasteiger partial charge in [-0.1, -0.05) is 20.8 Å². The number of amides is 1. The van der Waals surface area contributed by atoms with E-state index in [0.29, 0.717) is 19.3 Å². The number of hydrogen-bond acceptors (Lipinski definition) is 3. The van der Waals surface area contributed by atoms with Crippen molar-refractivity contribution in [1.29, 1.82) is 0 Å². The summed E-state index contributed by atoms with van der Waals surface area (Å²) in [6.07, 6.45) is 0.138. The molecule has 112 valence electrons. The van der Waals surface area contributed by atoms with Crippen LogP contribution in [-0.2, 0) is 4.43 Å². The Morgan fingerprint density at radius 2 is 1.89 bits per heavy atom. The fourth-order valence-electron chi connectivity index (χ4n) is 2.12. The number of hydrogen-bond donors (Lipinski definition) is 3. The number of aliphatic hydroxyl groups is 1. The maximum absolute atomic E-state index is 10.8. The molecule has 1 rings (SSSR count). The van der Waals surface area contributed by atoms with E-state index in [-0.39, 0.29) is 23.3 Å². The number of aliphatic hydroxyl groups excluding tert-OH is 1. The molecule has 0 saturated heterocycles. The van der Waals surface area contributed by atoms with Crippen molar-refractivity contribution in [2.24, 2.45) is 0 Å². The fraction of sp³-hybridized carbons (Fsp3) is 0.923. The van der Waals surface area contributed by atoms with Crippen LogP contribution in [-0.4, -0.2) is 42.9 Å². The minimum Gasteiger partial charge on any atom is -0.465 e. The summed E-state index contributed by atoms with van der Waals surface area (Å²) in [7, 11) is -1.96. The van der Waals surface area contributed by atoms with E-state index in [9.17, 15) is 9.90 Å². The van der Waals surface area contributed by atoms with E-state index >= 15 is 0 Å². The molecule has 0 aromatic heterocycles. The normalized spacial score (nSPS) is 29.1. The highest BCUT2D eigenvalue weighted by Gasteiger charge is 2.42. The molecule has 1 aliphatic rings. The van der Waals surface area contributed by atoms with E-state index < -0.39 is 14.4 Å². The molecule has 3 N–H and O–H groups in total. The minimum atomic E-state index is -1.96. The molecule has 3 atom stereocenters. The zero-order chi connectivity index (χ0) is 14.8. The maximum atomic E-state index is 10.8. The third-order valence-electron chi connectivity index (χ3n) is 4.33. The molecule has 5 nitrogen and oxygen atoms in total. The molecule has 0 aromatic carbocycles. The quantitative estimate of drug-likeness (QED) is 0.698. The summed E-state index contributed by atoms with van der Waals surface area (Å²) in [5.41, 5.74) is 0. The number of nitrogens with one attached hydrogen (secondary N) is 1. The third kappa shape index (κ3) is 4.47. The molecular formula is C13H27NO4Si. The molecule has 0 unspecified atom stereocenters. The Hall–Kier alpha value is -0.593. The number of rotatable bonds is 3. The van der Waals surface area contributed by atoms with Crippen molar-refractivity contribution in [2.45, 2.75) is 76.4 Å². The Morgan fingerprint density at radius 3 is 2.37 bits per heavy atom. The topological polar surface area (TPSA) is 78.8 Å². The van der Waals surface area contributed by atoms with Crippen LogP contribution < -0.4 is 5.32 Å². The van der Waals surface area contributed by atoms with Gasteiger partial charge in [-0.2, -0.15) is 0 Å². The number of carboxylic acid groups (broad SMARTS) is 1. The second kappa shape index (κ2) is 5.81. The van der Waals surface area contributed by atoms with Crippen molar-refractivity contribution < 1.29 is 19.4 Å². The Morgan fingerprint density at radius 1 is 1.32 bits per heavy atom. The van der Waals surface area contributed by atoms with E-state index in [1.54, 1.807) is 0 Å². The summed E-state index contributed by atoms with van der Waals surface area (Å²) in [6.45, 7) is 10.7. The lowest BCUT2D eigenvalue weighted by molar-refractivity contribution is 0.0241. The maximum Gasteiger partial charge on any atom is 0.404 e. The monoisotopic (exact) mass is 289 g/mol. The number of carbonyl (C=O) groups is 1. The highest BCUT2D eigenvalue weighted by atomic mass is 28.4. The first-order valence-electron chi connectivity index (χ1n) is 6.88. The van der Waals surface area contributed by atoms with Gasteiger partial charge in [0.2, 0.25) is 0 Å². The molecular weight excluding hydrogens is 262 g/mol. The highest BCUT2D eigenvalue weighted by Crippen LogP contribution is 2.39. The molecule has 0 radical (unpaired) electrons. The molecule has 1 aliphatic carbocycles. The smallest absolute Gasteiger partial charge is 0.404 e. The Labute approximate surface area is 116 Å². The first-order valence-corrected chi connectivity index (χ1v) is 9.79. The van der Waals surface area contributed by atoms with Crippen LogP contribution in [0.3, 0.4) is 0 Å². The largest absolute Gasteiger partial charge is 0.465 e. The van der Waals surface area contributed by atoms with Crippen LogP contribution in [0.25, 0.3) is 0 Å². The SMILES string of the molecule is CC(C)(C)[Si](C)(C)O[C@H]1C[C@@H](O)CC[C@@H]1NC(=O)O. The standard InChI is InChI=1S/C13H27NO4Si/c1-13(2,3)19(4,5)18-11-8-9(15)6-7-10(11)14-12(16)17/h9-11,14-15H,6-8H2,1-5H3,(H,16,17)/t9-,10-,11-/m0/s1. The molecule has 19 heavy (non-hydrogen) atoms. The Kier molecular flexibility index (Phi) is 5.03. The predicted molar refractivity (Wildman–Crippen MR) is 76.9 cm³/mol. The molecule has 1 fully saturated rings. The molecule has 0 aliphatic heterocycles. The summed E-state index contributed by atoms with van der Waals surface area (Å²) in [6, 6.07) is -0.213. The van der Waals surface area contributed by atoms with Crippen molar-refractivity contribution in [3.8, 4) is 0 Å². The van der Waals surface area contributed by atoms with E-state index in [1.807, 2.05) is 0 Å². The molecule has 6 heteroatoms. The van der Waals surface area contributed by atoms with Crippen LogP contribution >= 0.6 is 0 Å². The van der Waals surface area contributed by atoms with Crippen molar-refractivity contribution >= 4 is 14.4 Å². The van der Waals surface area contributed by atoms with Gasteiger partial charge in [-0.25, -0.2) is 4.79 Å². The summed E-state index contributed by atoms with van der Waals surface area (Å²) in [4.78, 5) is 10.8. The van der Waals surface area contributed by atoms with Crippen LogP contribution in [0.5, 0.6) is 0 Å². The lowest BCUT2D eigenvalue weighted by atomic mass is 9.90. The molecule has 0 heterocycles. The average Bonchev–Trinajstić information content (AvgIpc) is 2.19. The van der Waals surface area contributed by atoms with Gasteiger partial charge in [-0.15, -0.1) is 0 Å². The van der Waals surface area contributed by atoms with Gasteiger partial charge in [-0.3, -0.25) is 0 Å². The van der Waals surface area contributed by atoms with Gasteiger partial charge < -0.3 is 20.0 Å². The summed E-state index contributed by atoms with van der Waals surface area (Å²) < 4.78 is 6.28. The summed E-state index contributed by atoms with van der Waals surface area (Å²) in [5, 5.41) is 21.3. The summed E-state index contributed by atoms with van der Waals surface area (Å²) >= 11 is 0. The van der Waals surface area contributed by atoms with E-state index in [2.05, 4.69) is 39.2 Å². The third-order valence-corrected chi connectivity index (χ3v) is 8.83. The molecule has 0 bridgehead atoms. The van der Waals surface area contributed by atoms with Gasteiger partial charge in [0, 0.05) is 6.42 Å². The van der Waals surface area contributed by atoms with Gasteiger partial charge in [-0.05, 0) is 31.0 Å².